The van der Waals surface area contributed by atoms with Gasteiger partial charge in [0.05, 0.1) is 0 Å². The molecule has 0 aromatic carbocycles. The third-order valence-corrected chi connectivity index (χ3v) is 20.0. The van der Waals surface area contributed by atoms with Crippen LogP contribution in [0.5, 0.6) is 0 Å². The number of rotatable bonds is 14. The molecule has 1 aliphatic heterocycles. The molecule has 1 fully saturated rings. The Hall–Kier alpha value is 0.134. The van der Waals surface area contributed by atoms with E-state index in [1.54, 1.807) is 36.3 Å². The van der Waals surface area contributed by atoms with Crippen molar-refractivity contribution in [2.45, 2.75) is 115 Å². The molecular formula is C21H45NSi2. The van der Waals surface area contributed by atoms with Crippen molar-refractivity contribution >= 4 is 16.5 Å². The van der Waals surface area contributed by atoms with E-state index >= 15 is 0 Å². The van der Waals surface area contributed by atoms with Gasteiger partial charge in [0.2, 0.25) is 0 Å². The summed E-state index contributed by atoms with van der Waals surface area (Å²) in [5.74, 6) is 0. The maximum atomic E-state index is 4.18. The monoisotopic (exact) mass is 367 g/mol. The standard InChI is InChI=1S/C21H45NSi2/c1-6-11-16-23(17-12-7-2)20-21-24(18-13-8-3,19-14-9-4)22(23)15-10-5/h10H,5-9,11-21H2,1-4H3. The van der Waals surface area contributed by atoms with Crippen molar-refractivity contribution in [3.05, 3.63) is 12.7 Å². The van der Waals surface area contributed by atoms with E-state index in [2.05, 4.69) is 44.6 Å². The van der Waals surface area contributed by atoms with Gasteiger partial charge in [0.1, 0.15) is 16.5 Å². The summed E-state index contributed by atoms with van der Waals surface area (Å²) in [4.78, 5) is 0. The summed E-state index contributed by atoms with van der Waals surface area (Å²) < 4.78 is 3.25. The Morgan fingerprint density at radius 1 is 0.708 bits per heavy atom. The molecule has 0 atom stereocenters. The van der Waals surface area contributed by atoms with Crippen LogP contribution < -0.4 is 0 Å². The van der Waals surface area contributed by atoms with Crippen molar-refractivity contribution < 1.29 is 0 Å². The van der Waals surface area contributed by atoms with Gasteiger partial charge >= 0.3 is 0 Å². The number of unbranched alkanes of at least 4 members (excludes halogenated alkanes) is 4. The van der Waals surface area contributed by atoms with E-state index in [9.17, 15) is 0 Å². The highest BCUT2D eigenvalue weighted by Gasteiger charge is 2.54. The average Bonchev–Trinajstić information content (AvgIpc) is 2.90. The average molecular weight is 368 g/mol. The zero-order chi connectivity index (χ0) is 17.9. The van der Waals surface area contributed by atoms with Crippen LogP contribution in [0, 0.1) is 0 Å². The van der Waals surface area contributed by atoms with Gasteiger partial charge in [-0.1, -0.05) is 85.1 Å². The van der Waals surface area contributed by atoms with E-state index in [1.165, 1.54) is 57.9 Å². The summed E-state index contributed by atoms with van der Waals surface area (Å²) in [6, 6.07) is 9.55. The first-order chi connectivity index (χ1) is 11.6. The normalized spacial score (nSPS) is 19.7. The van der Waals surface area contributed by atoms with E-state index in [0.717, 1.165) is 0 Å². The molecular weight excluding hydrogens is 322 g/mol. The molecule has 0 aromatic heterocycles. The van der Waals surface area contributed by atoms with Gasteiger partial charge in [0, 0.05) is 6.54 Å². The van der Waals surface area contributed by atoms with Crippen LogP contribution in [0.15, 0.2) is 12.7 Å². The van der Waals surface area contributed by atoms with Gasteiger partial charge in [-0.2, -0.15) is 0 Å². The first-order valence-electron chi connectivity index (χ1n) is 11.0. The van der Waals surface area contributed by atoms with Gasteiger partial charge in [0.25, 0.3) is 0 Å². The number of hydrogen-bond acceptors (Lipinski definition) is 1. The first kappa shape index (κ1) is 22.2. The lowest BCUT2D eigenvalue weighted by Gasteiger charge is -2.46. The first-order valence-corrected chi connectivity index (χ1v) is 16.2. The lowest BCUT2D eigenvalue weighted by molar-refractivity contribution is 0.628. The Bertz CT molecular complexity index is 299. The van der Waals surface area contributed by atoms with Crippen LogP contribution in [0.4, 0.5) is 0 Å². The van der Waals surface area contributed by atoms with Crippen LogP contribution >= 0.6 is 0 Å². The second kappa shape index (κ2) is 11.7. The summed E-state index contributed by atoms with van der Waals surface area (Å²) in [7, 11) is -2.47. The molecule has 1 saturated heterocycles. The van der Waals surface area contributed by atoms with Gasteiger partial charge in [-0.25, -0.2) is 0 Å². The summed E-state index contributed by atoms with van der Waals surface area (Å²) in [6.45, 7) is 14.9. The van der Waals surface area contributed by atoms with Crippen molar-refractivity contribution in [3.8, 4) is 0 Å². The maximum Gasteiger partial charge on any atom is 0.121 e. The lowest BCUT2D eigenvalue weighted by atomic mass is 10.4. The second-order valence-electron chi connectivity index (χ2n) is 8.26. The van der Waals surface area contributed by atoms with E-state index in [4.69, 9.17) is 0 Å². The minimum Gasteiger partial charge on any atom is -0.342 e. The molecule has 1 rings (SSSR count). The van der Waals surface area contributed by atoms with Crippen molar-refractivity contribution in [2.75, 3.05) is 6.54 Å². The molecule has 0 unspecified atom stereocenters. The SMILES string of the molecule is C=CCN1[Si](CCCC)(CCCC)CC[Si]1(CCCC)CCCC. The van der Waals surface area contributed by atoms with Gasteiger partial charge in [-0.3, -0.25) is 0 Å². The second-order valence-corrected chi connectivity index (χ2v) is 17.7. The Labute approximate surface area is 155 Å². The largest absolute Gasteiger partial charge is 0.342 e. The molecule has 0 N–H and O–H groups in total. The topological polar surface area (TPSA) is 3.24 Å². The molecule has 0 bridgehead atoms. The smallest absolute Gasteiger partial charge is 0.121 e. The molecule has 24 heavy (non-hydrogen) atoms. The number of nitrogens with zero attached hydrogens (tertiary/aromatic N) is 1. The lowest BCUT2D eigenvalue weighted by Crippen LogP contribution is -2.60. The molecule has 1 aliphatic rings. The zero-order valence-corrected chi connectivity index (χ0v) is 19.3. The van der Waals surface area contributed by atoms with Crippen molar-refractivity contribution in [1.82, 2.24) is 4.23 Å². The van der Waals surface area contributed by atoms with Crippen molar-refractivity contribution in [3.63, 3.8) is 0 Å². The van der Waals surface area contributed by atoms with Gasteiger partial charge in [-0.15, -0.1) is 6.58 Å². The fourth-order valence-electron chi connectivity index (χ4n) is 5.07. The fourth-order valence-corrected chi connectivity index (χ4v) is 23.0. The van der Waals surface area contributed by atoms with Crippen LogP contribution in [-0.4, -0.2) is 27.2 Å². The van der Waals surface area contributed by atoms with Crippen LogP contribution in [0.1, 0.15) is 79.1 Å². The van der Waals surface area contributed by atoms with Crippen molar-refractivity contribution in [2.24, 2.45) is 0 Å². The predicted molar refractivity (Wildman–Crippen MR) is 117 cm³/mol. The van der Waals surface area contributed by atoms with Crippen LogP contribution in [-0.2, 0) is 0 Å². The van der Waals surface area contributed by atoms with Crippen LogP contribution in [0.2, 0.25) is 36.3 Å². The van der Waals surface area contributed by atoms with E-state index < -0.39 is 16.5 Å². The predicted octanol–water partition coefficient (Wildman–Crippen LogP) is 7.58. The molecule has 1 nitrogen and oxygen atoms in total. The van der Waals surface area contributed by atoms with Gasteiger partial charge < -0.3 is 4.23 Å². The Morgan fingerprint density at radius 3 is 1.29 bits per heavy atom. The molecule has 1 heterocycles. The summed E-state index contributed by atoms with van der Waals surface area (Å²) in [6.07, 6.45) is 13.6. The minimum absolute atomic E-state index is 1.22. The molecule has 0 amide bonds. The minimum atomic E-state index is -1.24. The summed E-state index contributed by atoms with van der Waals surface area (Å²) in [5, 5.41) is 0. The highest BCUT2D eigenvalue weighted by atomic mass is 28.4. The van der Waals surface area contributed by atoms with Crippen LogP contribution in [0.25, 0.3) is 0 Å². The van der Waals surface area contributed by atoms with E-state index in [0.29, 0.717) is 0 Å². The number of hydrogen-bond donors (Lipinski definition) is 0. The fraction of sp³-hybridized carbons (Fsp3) is 0.905. The van der Waals surface area contributed by atoms with Crippen LogP contribution in [0.3, 0.4) is 0 Å². The molecule has 0 aliphatic carbocycles. The Kier molecular flexibility index (Phi) is 10.8. The van der Waals surface area contributed by atoms with Crippen molar-refractivity contribution in [1.29, 1.82) is 0 Å². The highest BCUT2D eigenvalue weighted by molar-refractivity contribution is 6.97. The zero-order valence-electron chi connectivity index (χ0n) is 17.3. The third kappa shape index (κ3) is 5.57. The van der Waals surface area contributed by atoms with E-state index in [1.807, 2.05) is 0 Å². The molecule has 142 valence electrons. The van der Waals surface area contributed by atoms with E-state index in [-0.39, 0.29) is 0 Å². The molecule has 3 heteroatoms. The third-order valence-electron chi connectivity index (χ3n) is 6.50. The molecule has 0 aromatic rings. The maximum absolute atomic E-state index is 4.18. The highest BCUT2D eigenvalue weighted by Crippen LogP contribution is 2.48. The quantitative estimate of drug-likeness (QED) is 0.226. The molecule has 0 radical (unpaired) electrons. The molecule has 0 saturated carbocycles. The Balaban J connectivity index is 3.10. The molecule has 0 spiro atoms. The van der Waals surface area contributed by atoms with Gasteiger partial charge in [0.15, 0.2) is 0 Å². The summed E-state index contributed by atoms with van der Waals surface area (Å²) in [5.41, 5.74) is 0. The van der Waals surface area contributed by atoms with Gasteiger partial charge in [-0.05, 0) is 36.3 Å². The Morgan fingerprint density at radius 2 is 1.04 bits per heavy atom. The summed E-state index contributed by atoms with van der Waals surface area (Å²) >= 11 is 0.